The van der Waals surface area contributed by atoms with Crippen LogP contribution in [0.15, 0.2) is 30.5 Å². The molecule has 2 nitrogen and oxygen atoms in total. The van der Waals surface area contributed by atoms with Gasteiger partial charge < -0.3 is 5.32 Å². The van der Waals surface area contributed by atoms with Crippen molar-refractivity contribution in [1.29, 1.82) is 0 Å². The van der Waals surface area contributed by atoms with Gasteiger partial charge in [-0.3, -0.25) is 4.98 Å². The molecule has 2 aromatic rings. The van der Waals surface area contributed by atoms with Gasteiger partial charge in [0.15, 0.2) is 0 Å². The van der Waals surface area contributed by atoms with Gasteiger partial charge in [0, 0.05) is 34.1 Å². The highest BCUT2D eigenvalue weighted by molar-refractivity contribution is 7.12. The minimum absolute atomic E-state index is 0.412. The van der Waals surface area contributed by atoms with Gasteiger partial charge in [0.2, 0.25) is 0 Å². The molecule has 1 atom stereocenters. The summed E-state index contributed by atoms with van der Waals surface area (Å²) in [5.41, 5.74) is 2.76. The van der Waals surface area contributed by atoms with E-state index in [0.29, 0.717) is 6.04 Å². The van der Waals surface area contributed by atoms with Crippen LogP contribution in [-0.4, -0.2) is 11.5 Å². The van der Waals surface area contributed by atoms with E-state index < -0.39 is 0 Å². The van der Waals surface area contributed by atoms with Crippen LogP contribution in [-0.2, 0) is 19.3 Å². The van der Waals surface area contributed by atoms with Crippen LogP contribution in [0.5, 0.6) is 0 Å². The average molecular weight is 272 g/mol. The number of aryl methyl sites for hydroxylation is 2. The zero-order chi connectivity index (χ0) is 13.1. The first-order chi connectivity index (χ1) is 9.36. The van der Waals surface area contributed by atoms with Crippen LogP contribution in [0.2, 0.25) is 0 Å². The van der Waals surface area contributed by atoms with Gasteiger partial charge >= 0.3 is 0 Å². The normalized spacial score (nSPS) is 15.4. The second-order valence-corrected chi connectivity index (χ2v) is 6.25. The average Bonchev–Trinajstić information content (AvgIpc) is 3.00. The predicted molar refractivity (Wildman–Crippen MR) is 80.7 cm³/mol. The molecule has 0 aromatic carbocycles. The summed E-state index contributed by atoms with van der Waals surface area (Å²) in [5, 5.41) is 3.61. The zero-order valence-corrected chi connectivity index (χ0v) is 12.2. The fraction of sp³-hybridized carbons (Fsp3) is 0.438. The molecular weight excluding hydrogens is 252 g/mol. The van der Waals surface area contributed by atoms with Gasteiger partial charge in [-0.25, -0.2) is 0 Å². The lowest BCUT2D eigenvalue weighted by Gasteiger charge is -2.16. The molecule has 0 spiro atoms. The molecule has 1 unspecified atom stereocenters. The van der Waals surface area contributed by atoms with E-state index in [1.54, 1.807) is 10.4 Å². The van der Waals surface area contributed by atoms with Gasteiger partial charge in [-0.05, 0) is 49.6 Å². The number of rotatable bonds is 5. The molecule has 0 radical (unpaired) electrons. The molecule has 0 saturated carbocycles. The van der Waals surface area contributed by atoms with Crippen LogP contribution >= 0.6 is 11.3 Å². The van der Waals surface area contributed by atoms with E-state index in [2.05, 4.69) is 35.4 Å². The molecule has 100 valence electrons. The topological polar surface area (TPSA) is 24.9 Å². The van der Waals surface area contributed by atoms with Crippen LogP contribution in [0.3, 0.4) is 0 Å². The third-order valence-electron chi connectivity index (χ3n) is 3.70. The monoisotopic (exact) mass is 272 g/mol. The molecule has 3 rings (SSSR count). The highest BCUT2D eigenvalue weighted by Crippen LogP contribution is 2.34. The second kappa shape index (κ2) is 5.85. The minimum atomic E-state index is 0.412. The smallest absolute Gasteiger partial charge is 0.0470 e. The zero-order valence-electron chi connectivity index (χ0n) is 11.4. The number of pyridine rings is 1. The lowest BCUT2D eigenvalue weighted by molar-refractivity contribution is 0.552. The maximum Gasteiger partial charge on any atom is 0.0470 e. The van der Waals surface area contributed by atoms with Crippen molar-refractivity contribution < 1.29 is 0 Å². The SMILES string of the molecule is CCNC(Cc1ccccn1)c1cc2c(s1)CCC2. The van der Waals surface area contributed by atoms with Gasteiger partial charge in [-0.1, -0.05) is 13.0 Å². The van der Waals surface area contributed by atoms with Crippen LogP contribution in [0.25, 0.3) is 0 Å². The van der Waals surface area contributed by atoms with Gasteiger partial charge in [0.1, 0.15) is 0 Å². The molecule has 0 bridgehead atoms. The Morgan fingerprint density at radius 1 is 1.37 bits per heavy atom. The largest absolute Gasteiger partial charge is 0.309 e. The second-order valence-electron chi connectivity index (χ2n) is 5.09. The first-order valence-corrected chi connectivity index (χ1v) is 7.93. The van der Waals surface area contributed by atoms with E-state index in [4.69, 9.17) is 0 Å². The molecule has 1 aliphatic carbocycles. The lowest BCUT2D eigenvalue weighted by Crippen LogP contribution is -2.22. The molecule has 2 heterocycles. The van der Waals surface area contributed by atoms with Crippen molar-refractivity contribution >= 4 is 11.3 Å². The molecular formula is C16H20N2S. The fourth-order valence-corrected chi connectivity index (χ4v) is 4.10. The quantitative estimate of drug-likeness (QED) is 0.900. The molecule has 3 heteroatoms. The summed E-state index contributed by atoms with van der Waals surface area (Å²) >= 11 is 2.00. The summed E-state index contributed by atoms with van der Waals surface area (Å²) in [5.74, 6) is 0. The van der Waals surface area contributed by atoms with Crippen molar-refractivity contribution in [3.8, 4) is 0 Å². The Bertz CT molecular complexity index is 511. The Kier molecular flexibility index (Phi) is 3.95. The van der Waals surface area contributed by atoms with Gasteiger partial charge in [0.05, 0.1) is 0 Å². The standard InChI is InChI=1S/C16H20N2S/c1-2-17-14(11-13-7-3-4-9-18-13)16-10-12-6-5-8-15(12)19-16/h3-4,7,9-10,14,17H,2,5-6,8,11H2,1H3. The van der Waals surface area contributed by atoms with Crippen molar-refractivity contribution in [1.82, 2.24) is 10.3 Å². The molecule has 0 amide bonds. The summed E-state index contributed by atoms with van der Waals surface area (Å²) in [6.45, 7) is 3.17. The molecule has 1 aliphatic rings. The number of aromatic nitrogens is 1. The minimum Gasteiger partial charge on any atom is -0.309 e. The highest BCUT2D eigenvalue weighted by atomic mass is 32.1. The summed E-state index contributed by atoms with van der Waals surface area (Å²) in [7, 11) is 0. The number of likely N-dealkylation sites (N-methyl/N-ethyl adjacent to an activating group) is 1. The van der Waals surface area contributed by atoms with Crippen molar-refractivity contribution in [2.45, 2.75) is 38.6 Å². The molecule has 0 aliphatic heterocycles. The van der Waals surface area contributed by atoms with Gasteiger partial charge in [-0.2, -0.15) is 0 Å². The van der Waals surface area contributed by atoms with E-state index in [9.17, 15) is 0 Å². The number of fused-ring (bicyclic) bond motifs is 1. The summed E-state index contributed by atoms with van der Waals surface area (Å²) in [6, 6.07) is 9.00. The number of hydrogen-bond acceptors (Lipinski definition) is 3. The number of nitrogens with one attached hydrogen (secondary N) is 1. The van der Waals surface area contributed by atoms with E-state index in [0.717, 1.165) is 13.0 Å². The van der Waals surface area contributed by atoms with Crippen molar-refractivity contribution in [2.24, 2.45) is 0 Å². The van der Waals surface area contributed by atoms with E-state index in [1.807, 2.05) is 23.6 Å². The van der Waals surface area contributed by atoms with Crippen LogP contribution in [0.4, 0.5) is 0 Å². The Labute approximate surface area is 118 Å². The number of thiophene rings is 1. The lowest BCUT2D eigenvalue weighted by atomic mass is 10.1. The maximum atomic E-state index is 4.45. The first-order valence-electron chi connectivity index (χ1n) is 7.11. The number of nitrogens with zero attached hydrogens (tertiary/aromatic N) is 1. The Morgan fingerprint density at radius 2 is 2.32 bits per heavy atom. The molecule has 2 aromatic heterocycles. The Morgan fingerprint density at radius 3 is 3.05 bits per heavy atom. The summed E-state index contributed by atoms with van der Waals surface area (Å²) < 4.78 is 0. The van der Waals surface area contributed by atoms with Crippen molar-refractivity contribution in [3.63, 3.8) is 0 Å². The van der Waals surface area contributed by atoms with Crippen LogP contribution in [0, 0.1) is 0 Å². The molecule has 0 saturated heterocycles. The van der Waals surface area contributed by atoms with Crippen LogP contribution < -0.4 is 5.32 Å². The third kappa shape index (κ3) is 2.88. The van der Waals surface area contributed by atoms with Crippen LogP contribution in [0.1, 0.15) is 40.4 Å². The molecule has 0 fully saturated rings. The fourth-order valence-electron chi connectivity index (χ4n) is 2.77. The van der Waals surface area contributed by atoms with Crippen molar-refractivity contribution in [3.05, 3.63) is 51.5 Å². The third-order valence-corrected chi connectivity index (χ3v) is 5.05. The maximum absolute atomic E-state index is 4.45. The van der Waals surface area contributed by atoms with E-state index in [-0.39, 0.29) is 0 Å². The van der Waals surface area contributed by atoms with E-state index in [1.165, 1.54) is 29.8 Å². The first kappa shape index (κ1) is 12.8. The molecule has 19 heavy (non-hydrogen) atoms. The van der Waals surface area contributed by atoms with Crippen molar-refractivity contribution in [2.75, 3.05) is 6.54 Å². The molecule has 1 N–H and O–H groups in total. The summed E-state index contributed by atoms with van der Waals surface area (Å²) in [4.78, 5) is 7.55. The predicted octanol–water partition coefficient (Wildman–Crippen LogP) is 3.53. The Balaban J connectivity index is 1.80. The Hall–Kier alpha value is -1.19. The van der Waals surface area contributed by atoms with Gasteiger partial charge in [0.25, 0.3) is 0 Å². The van der Waals surface area contributed by atoms with E-state index >= 15 is 0 Å². The van der Waals surface area contributed by atoms with Gasteiger partial charge in [-0.15, -0.1) is 11.3 Å². The summed E-state index contributed by atoms with van der Waals surface area (Å²) in [6.07, 6.45) is 6.76. The highest BCUT2D eigenvalue weighted by Gasteiger charge is 2.20. The number of hydrogen-bond donors (Lipinski definition) is 1.